The Morgan fingerprint density at radius 3 is 2.03 bits per heavy atom. The van der Waals surface area contributed by atoms with E-state index in [9.17, 15) is 13.2 Å². The molecule has 1 N–H and O–H groups in total. The number of carbonyl (C=O) groups excluding carboxylic acids is 1. The minimum Gasteiger partial charge on any atom is -0.322 e. The van der Waals surface area contributed by atoms with Crippen molar-refractivity contribution in [2.24, 2.45) is 0 Å². The zero-order valence-corrected chi connectivity index (χ0v) is 18.7. The van der Waals surface area contributed by atoms with E-state index in [2.05, 4.69) is 5.32 Å². The van der Waals surface area contributed by atoms with E-state index in [1.54, 1.807) is 48.5 Å². The highest BCUT2D eigenvalue weighted by molar-refractivity contribution is 7.92. The summed E-state index contributed by atoms with van der Waals surface area (Å²) in [5.41, 5.74) is 5.66. The van der Waals surface area contributed by atoms with Gasteiger partial charge in [0.15, 0.2) is 0 Å². The van der Waals surface area contributed by atoms with Gasteiger partial charge in [-0.25, -0.2) is 8.42 Å². The van der Waals surface area contributed by atoms with Crippen LogP contribution < -0.4 is 9.62 Å². The number of nitrogens with zero attached hydrogens (tertiary/aromatic N) is 1. The van der Waals surface area contributed by atoms with E-state index in [-0.39, 0.29) is 10.8 Å². The first kappa shape index (κ1) is 21.6. The van der Waals surface area contributed by atoms with Gasteiger partial charge in [0, 0.05) is 18.3 Å². The van der Waals surface area contributed by atoms with Crippen LogP contribution in [0.1, 0.15) is 32.6 Å². The summed E-state index contributed by atoms with van der Waals surface area (Å²) in [5, 5.41) is 2.96. The number of rotatable bonds is 5. The molecular weight excluding hydrogens is 396 g/mol. The molecule has 6 heteroatoms. The molecule has 156 valence electrons. The van der Waals surface area contributed by atoms with Crippen molar-refractivity contribution in [3.8, 4) is 0 Å². The molecule has 0 atom stereocenters. The van der Waals surface area contributed by atoms with Crippen LogP contribution in [-0.2, 0) is 10.0 Å². The van der Waals surface area contributed by atoms with E-state index >= 15 is 0 Å². The van der Waals surface area contributed by atoms with Crippen molar-refractivity contribution in [2.75, 3.05) is 16.7 Å². The first-order valence-corrected chi connectivity index (χ1v) is 11.1. The van der Waals surface area contributed by atoms with Gasteiger partial charge in [-0.3, -0.25) is 9.10 Å². The summed E-state index contributed by atoms with van der Waals surface area (Å²) in [7, 11) is -2.24. The molecule has 3 aromatic rings. The van der Waals surface area contributed by atoms with Crippen molar-refractivity contribution in [3.63, 3.8) is 0 Å². The van der Waals surface area contributed by atoms with Crippen LogP contribution >= 0.6 is 0 Å². The Morgan fingerprint density at radius 2 is 1.43 bits per heavy atom. The summed E-state index contributed by atoms with van der Waals surface area (Å²) in [4.78, 5) is 13.1. The van der Waals surface area contributed by atoms with E-state index in [0.29, 0.717) is 11.3 Å². The molecule has 0 saturated carbocycles. The molecule has 3 rings (SSSR count). The Hall–Kier alpha value is -3.12. The smallest absolute Gasteiger partial charge is 0.264 e. The molecule has 0 radical (unpaired) electrons. The second-order valence-electron chi connectivity index (χ2n) is 7.56. The van der Waals surface area contributed by atoms with Gasteiger partial charge in [0.1, 0.15) is 0 Å². The maximum absolute atomic E-state index is 13.0. The minimum absolute atomic E-state index is 0.205. The maximum Gasteiger partial charge on any atom is 0.264 e. The van der Waals surface area contributed by atoms with Gasteiger partial charge in [0.2, 0.25) is 0 Å². The summed E-state index contributed by atoms with van der Waals surface area (Å²) in [6, 6.07) is 17.3. The van der Waals surface area contributed by atoms with Crippen LogP contribution in [0.25, 0.3) is 0 Å². The van der Waals surface area contributed by atoms with Gasteiger partial charge in [-0.05, 0) is 69.2 Å². The lowest BCUT2D eigenvalue weighted by molar-refractivity contribution is 0.102. The van der Waals surface area contributed by atoms with Crippen molar-refractivity contribution in [2.45, 2.75) is 32.6 Å². The first-order chi connectivity index (χ1) is 14.1. The normalized spacial score (nSPS) is 11.2. The molecule has 0 spiro atoms. The second-order valence-corrected chi connectivity index (χ2v) is 9.53. The number of amides is 1. The first-order valence-electron chi connectivity index (χ1n) is 9.64. The third-order valence-electron chi connectivity index (χ3n) is 5.07. The maximum atomic E-state index is 13.0. The van der Waals surface area contributed by atoms with Crippen molar-refractivity contribution in [1.29, 1.82) is 0 Å². The van der Waals surface area contributed by atoms with Gasteiger partial charge >= 0.3 is 0 Å². The number of benzene rings is 3. The summed E-state index contributed by atoms with van der Waals surface area (Å²) in [6.07, 6.45) is 0. The summed E-state index contributed by atoms with van der Waals surface area (Å²) in [5.74, 6) is -0.284. The summed E-state index contributed by atoms with van der Waals surface area (Å²) >= 11 is 0. The molecule has 0 saturated heterocycles. The largest absolute Gasteiger partial charge is 0.322 e. The van der Waals surface area contributed by atoms with Crippen LogP contribution in [0.4, 0.5) is 11.4 Å². The second kappa shape index (κ2) is 8.32. The Labute approximate surface area is 178 Å². The fourth-order valence-corrected chi connectivity index (χ4v) is 4.60. The molecule has 0 aliphatic carbocycles. The predicted molar refractivity (Wildman–Crippen MR) is 122 cm³/mol. The van der Waals surface area contributed by atoms with Crippen LogP contribution in [-0.4, -0.2) is 21.4 Å². The fraction of sp³-hybridized carbons (Fsp3) is 0.208. The molecule has 0 heterocycles. The van der Waals surface area contributed by atoms with Crippen LogP contribution in [0.2, 0.25) is 0 Å². The van der Waals surface area contributed by atoms with Gasteiger partial charge in [0.05, 0.1) is 10.6 Å². The highest BCUT2D eigenvalue weighted by atomic mass is 32.2. The van der Waals surface area contributed by atoms with E-state index in [0.717, 1.165) is 27.9 Å². The van der Waals surface area contributed by atoms with Crippen molar-refractivity contribution in [3.05, 3.63) is 88.5 Å². The van der Waals surface area contributed by atoms with Gasteiger partial charge in [-0.2, -0.15) is 0 Å². The standard InChI is InChI=1S/C24H26N2O3S/c1-16-9-11-22(12-10-16)30(28,29)26(5)21-8-6-7-20(15-21)24(27)25-23-18(3)13-17(2)14-19(23)4/h6-15H,1-5H3,(H,25,27). The molecular formula is C24H26N2O3S. The molecule has 30 heavy (non-hydrogen) atoms. The molecule has 0 fully saturated rings. The fourth-order valence-electron chi connectivity index (χ4n) is 3.41. The zero-order chi connectivity index (χ0) is 22.1. The van der Waals surface area contributed by atoms with Gasteiger partial charge in [-0.1, -0.05) is 41.5 Å². The number of carbonyl (C=O) groups is 1. The number of anilines is 2. The lowest BCUT2D eigenvalue weighted by atomic mass is 10.0. The minimum atomic E-state index is -3.73. The molecule has 0 unspecified atom stereocenters. The molecule has 0 aliphatic rings. The molecule has 3 aromatic carbocycles. The molecule has 1 amide bonds. The van der Waals surface area contributed by atoms with Crippen molar-refractivity contribution in [1.82, 2.24) is 0 Å². The quantitative estimate of drug-likeness (QED) is 0.629. The SMILES string of the molecule is Cc1ccc(S(=O)(=O)N(C)c2cccc(C(=O)Nc3c(C)cc(C)cc3C)c2)cc1. The lowest BCUT2D eigenvalue weighted by Gasteiger charge is -2.20. The van der Waals surface area contributed by atoms with Crippen molar-refractivity contribution >= 4 is 27.3 Å². The van der Waals surface area contributed by atoms with E-state index in [4.69, 9.17) is 0 Å². The van der Waals surface area contributed by atoms with Gasteiger partial charge in [0.25, 0.3) is 15.9 Å². The Kier molecular flexibility index (Phi) is 5.99. The Bertz CT molecular complexity index is 1180. The Balaban J connectivity index is 1.89. The number of nitrogens with one attached hydrogen (secondary N) is 1. The zero-order valence-electron chi connectivity index (χ0n) is 17.9. The molecule has 0 bridgehead atoms. The average Bonchev–Trinajstić information content (AvgIpc) is 2.70. The molecule has 0 aliphatic heterocycles. The third kappa shape index (κ3) is 4.39. The van der Waals surface area contributed by atoms with Gasteiger partial charge < -0.3 is 5.32 Å². The van der Waals surface area contributed by atoms with Crippen molar-refractivity contribution < 1.29 is 13.2 Å². The topological polar surface area (TPSA) is 66.5 Å². The lowest BCUT2D eigenvalue weighted by Crippen LogP contribution is -2.27. The third-order valence-corrected chi connectivity index (χ3v) is 6.87. The summed E-state index contributed by atoms with van der Waals surface area (Å²) < 4.78 is 27.1. The highest BCUT2D eigenvalue weighted by Gasteiger charge is 2.22. The number of aryl methyl sites for hydroxylation is 4. The Morgan fingerprint density at radius 1 is 0.833 bits per heavy atom. The van der Waals surface area contributed by atoms with Gasteiger partial charge in [-0.15, -0.1) is 0 Å². The van der Waals surface area contributed by atoms with Crippen LogP contribution in [0.15, 0.2) is 65.6 Å². The number of hydrogen-bond donors (Lipinski definition) is 1. The van der Waals surface area contributed by atoms with E-state index in [1.807, 2.05) is 39.8 Å². The van der Waals surface area contributed by atoms with Crippen LogP contribution in [0.5, 0.6) is 0 Å². The van der Waals surface area contributed by atoms with Crippen LogP contribution in [0.3, 0.4) is 0 Å². The van der Waals surface area contributed by atoms with Crippen LogP contribution in [0, 0.1) is 27.7 Å². The highest BCUT2D eigenvalue weighted by Crippen LogP contribution is 2.25. The number of hydrogen-bond acceptors (Lipinski definition) is 3. The predicted octanol–water partition coefficient (Wildman–Crippen LogP) is 5.00. The van der Waals surface area contributed by atoms with E-state index < -0.39 is 10.0 Å². The van der Waals surface area contributed by atoms with E-state index in [1.165, 1.54) is 11.4 Å². The molecule has 0 aromatic heterocycles. The average molecular weight is 423 g/mol. The summed E-state index contributed by atoms with van der Waals surface area (Å²) in [6.45, 7) is 7.82. The monoisotopic (exact) mass is 422 g/mol. The number of sulfonamides is 1. The molecule has 5 nitrogen and oxygen atoms in total.